The first kappa shape index (κ1) is 16.3. The van der Waals surface area contributed by atoms with Gasteiger partial charge in [0, 0.05) is 37.5 Å². The van der Waals surface area contributed by atoms with Gasteiger partial charge in [-0.1, -0.05) is 0 Å². The quantitative estimate of drug-likeness (QED) is 0.573. The zero-order chi connectivity index (χ0) is 15.1. The van der Waals surface area contributed by atoms with Gasteiger partial charge in [0.25, 0.3) is 11.8 Å². The molecule has 1 aromatic rings. The van der Waals surface area contributed by atoms with Crippen LogP contribution in [0.2, 0.25) is 0 Å². The van der Waals surface area contributed by atoms with Crippen LogP contribution in [0.5, 0.6) is 0 Å². The van der Waals surface area contributed by atoms with E-state index < -0.39 is 6.10 Å². The van der Waals surface area contributed by atoms with E-state index in [9.17, 15) is 14.7 Å². The Balaban J connectivity index is 3.03. The summed E-state index contributed by atoms with van der Waals surface area (Å²) in [6.07, 6.45) is -0.705. The summed E-state index contributed by atoms with van der Waals surface area (Å²) in [5, 5.41) is 17.4. The molecule has 0 radical (unpaired) electrons. The highest BCUT2D eigenvalue weighted by atomic mass is 35.5. The van der Waals surface area contributed by atoms with Gasteiger partial charge < -0.3 is 21.1 Å². The summed E-state index contributed by atoms with van der Waals surface area (Å²) in [6, 6.07) is 4.71. The van der Waals surface area contributed by atoms with Crippen LogP contribution in [0.15, 0.2) is 18.2 Å². The maximum absolute atomic E-state index is 11.7. The van der Waals surface area contributed by atoms with Gasteiger partial charge in [0.05, 0.1) is 12.0 Å². The van der Waals surface area contributed by atoms with Crippen molar-refractivity contribution in [2.45, 2.75) is 6.10 Å². The molecule has 2 amide bonds. The van der Waals surface area contributed by atoms with Crippen LogP contribution in [0.1, 0.15) is 20.7 Å². The number of nitrogens with one attached hydrogen (secondary N) is 3. The van der Waals surface area contributed by atoms with Crippen molar-refractivity contribution in [2.24, 2.45) is 0 Å². The summed E-state index contributed by atoms with van der Waals surface area (Å²) in [5.74, 6) is -0.488. The molecule has 0 heterocycles. The summed E-state index contributed by atoms with van der Waals surface area (Å²) >= 11 is 5.51. The van der Waals surface area contributed by atoms with Crippen LogP contribution in [0.4, 0.5) is 5.69 Å². The highest BCUT2D eigenvalue weighted by molar-refractivity contribution is 6.18. The molecule has 0 saturated heterocycles. The highest BCUT2D eigenvalue weighted by Crippen LogP contribution is 2.15. The van der Waals surface area contributed by atoms with Crippen molar-refractivity contribution in [3.8, 4) is 0 Å². The number of halogens is 1. The molecule has 0 fully saturated rings. The first-order chi connectivity index (χ1) is 9.51. The van der Waals surface area contributed by atoms with E-state index in [0.29, 0.717) is 16.8 Å². The van der Waals surface area contributed by atoms with Crippen molar-refractivity contribution >= 4 is 29.1 Å². The van der Waals surface area contributed by atoms with Crippen LogP contribution in [0, 0.1) is 0 Å². The first-order valence-corrected chi connectivity index (χ1v) is 6.62. The summed E-state index contributed by atoms with van der Waals surface area (Å²) in [5.41, 5.74) is 1.28. The molecule has 1 atom stereocenters. The van der Waals surface area contributed by atoms with Crippen LogP contribution in [0.25, 0.3) is 0 Å². The second-order valence-electron chi connectivity index (χ2n) is 4.15. The molecule has 1 rings (SSSR count). The molecule has 1 aromatic carbocycles. The first-order valence-electron chi connectivity index (χ1n) is 6.09. The van der Waals surface area contributed by atoms with E-state index in [2.05, 4.69) is 16.0 Å². The second-order valence-corrected chi connectivity index (χ2v) is 4.45. The Kier molecular flexibility index (Phi) is 6.27. The third-order valence-corrected chi connectivity index (χ3v) is 2.99. The minimum atomic E-state index is -0.705. The van der Waals surface area contributed by atoms with Gasteiger partial charge in [0.2, 0.25) is 0 Å². The fourth-order valence-corrected chi connectivity index (χ4v) is 1.68. The summed E-state index contributed by atoms with van der Waals surface area (Å²) in [4.78, 5) is 23.4. The molecule has 0 bridgehead atoms. The number of aliphatic hydroxyl groups is 1. The normalized spacial score (nSPS) is 11.6. The van der Waals surface area contributed by atoms with Crippen LogP contribution in [0.3, 0.4) is 0 Å². The lowest BCUT2D eigenvalue weighted by Crippen LogP contribution is -2.23. The molecule has 0 aliphatic rings. The SMILES string of the molecule is CNC(=O)c1cc(NCC(O)CCl)cc(C(=O)NC)c1. The van der Waals surface area contributed by atoms with E-state index in [1.165, 1.54) is 20.2 Å². The van der Waals surface area contributed by atoms with E-state index in [1.54, 1.807) is 12.1 Å². The third-order valence-electron chi connectivity index (χ3n) is 2.63. The van der Waals surface area contributed by atoms with E-state index in [0.717, 1.165) is 0 Å². The van der Waals surface area contributed by atoms with Crippen LogP contribution in [-0.2, 0) is 0 Å². The molecule has 1 unspecified atom stereocenters. The van der Waals surface area contributed by atoms with Crippen LogP contribution in [-0.4, -0.2) is 49.5 Å². The number of anilines is 1. The molecule has 0 saturated carbocycles. The molecule has 7 heteroatoms. The number of aliphatic hydroxyl groups excluding tert-OH is 1. The van der Waals surface area contributed by atoms with Gasteiger partial charge in [0.1, 0.15) is 0 Å². The predicted octanol–water partition coefficient (Wildman–Crippen LogP) is 0.417. The van der Waals surface area contributed by atoms with Gasteiger partial charge in [0.15, 0.2) is 0 Å². The average Bonchev–Trinajstić information content (AvgIpc) is 2.50. The molecule has 110 valence electrons. The van der Waals surface area contributed by atoms with Gasteiger partial charge in [-0.25, -0.2) is 0 Å². The number of carbonyl (C=O) groups is 2. The van der Waals surface area contributed by atoms with Crippen molar-refractivity contribution < 1.29 is 14.7 Å². The molecule has 4 N–H and O–H groups in total. The van der Waals surface area contributed by atoms with Crippen LogP contribution >= 0.6 is 11.6 Å². The van der Waals surface area contributed by atoms with Gasteiger partial charge >= 0.3 is 0 Å². The van der Waals surface area contributed by atoms with Gasteiger partial charge in [-0.3, -0.25) is 9.59 Å². The molecule has 0 aliphatic heterocycles. The van der Waals surface area contributed by atoms with Crippen LogP contribution < -0.4 is 16.0 Å². The summed E-state index contributed by atoms with van der Waals surface area (Å²) in [7, 11) is 3.03. The van der Waals surface area contributed by atoms with Crippen molar-refractivity contribution in [2.75, 3.05) is 31.8 Å². The maximum Gasteiger partial charge on any atom is 0.251 e. The van der Waals surface area contributed by atoms with E-state index in [1.807, 2.05) is 0 Å². The number of rotatable bonds is 6. The zero-order valence-electron chi connectivity index (χ0n) is 11.4. The van der Waals surface area contributed by atoms with E-state index in [-0.39, 0.29) is 24.2 Å². The minimum Gasteiger partial charge on any atom is -0.390 e. The number of hydrogen-bond acceptors (Lipinski definition) is 4. The molecule has 6 nitrogen and oxygen atoms in total. The number of amides is 2. The predicted molar refractivity (Wildman–Crippen MR) is 78.4 cm³/mol. The Morgan fingerprint density at radius 1 is 1.15 bits per heavy atom. The van der Waals surface area contributed by atoms with Crippen molar-refractivity contribution in [1.82, 2.24) is 10.6 Å². The smallest absolute Gasteiger partial charge is 0.251 e. The molecular formula is C13H18ClN3O3. The Morgan fingerprint density at radius 2 is 1.65 bits per heavy atom. The van der Waals surface area contributed by atoms with Crippen molar-refractivity contribution in [1.29, 1.82) is 0 Å². The number of benzene rings is 1. The van der Waals surface area contributed by atoms with E-state index in [4.69, 9.17) is 11.6 Å². The monoisotopic (exact) mass is 299 g/mol. The molecular weight excluding hydrogens is 282 g/mol. The molecule has 20 heavy (non-hydrogen) atoms. The number of carbonyl (C=O) groups excluding carboxylic acids is 2. The Hall–Kier alpha value is -1.79. The lowest BCUT2D eigenvalue weighted by Gasteiger charge is -2.12. The zero-order valence-corrected chi connectivity index (χ0v) is 12.1. The average molecular weight is 300 g/mol. The molecule has 0 spiro atoms. The molecule has 0 aliphatic carbocycles. The third kappa shape index (κ3) is 4.40. The Labute approximate surface area is 122 Å². The van der Waals surface area contributed by atoms with E-state index >= 15 is 0 Å². The lowest BCUT2D eigenvalue weighted by molar-refractivity contribution is 0.0962. The van der Waals surface area contributed by atoms with Gasteiger partial charge in [-0.2, -0.15) is 0 Å². The Bertz CT molecular complexity index is 459. The van der Waals surface area contributed by atoms with Gasteiger partial charge in [-0.05, 0) is 18.2 Å². The summed E-state index contributed by atoms with van der Waals surface area (Å²) in [6.45, 7) is 0.230. The van der Waals surface area contributed by atoms with Crippen molar-refractivity contribution in [3.63, 3.8) is 0 Å². The fraction of sp³-hybridized carbons (Fsp3) is 0.385. The fourth-order valence-electron chi connectivity index (χ4n) is 1.57. The highest BCUT2D eigenvalue weighted by Gasteiger charge is 2.12. The minimum absolute atomic E-state index is 0.102. The number of alkyl halides is 1. The second kappa shape index (κ2) is 7.72. The molecule has 0 aromatic heterocycles. The standard InChI is InChI=1S/C13H18ClN3O3/c1-15-12(19)8-3-9(13(20)16-2)5-10(4-8)17-7-11(18)6-14/h3-5,11,17-18H,6-7H2,1-2H3,(H,15,19)(H,16,20). The lowest BCUT2D eigenvalue weighted by atomic mass is 10.1. The van der Waals surface area contributed by atoms with Gasteiger partial charge in [-0.15, -0.1) is 11.6 Å². The largest absolute Gasteiger partial charge is 0.390 e. The van der Waals surface area contributed by atoms with Crippen molar-refractivity contribution in [3.05, 3.63) is 29.3 Å². The number of hydrogen-bond donors (Lipinski definition) is 4. The maximum atomic E-state index is 11.7. The summed E-state index contributed by atoms with van der Waals surface area (Å²) < 4.78 is 0. The Morgan fingerprint density at radius 3 is 2.05 bits per heavy atom. The topological polar surface area (TPSA) is 90.5 Å².